The third kappa shape index (κ3) is 4.69. The molecule has 7 nitrogen and oxygen atoms in total. The number of amides is 4. The van der Waals surface area contributed by atoms with E-state index in [-0.39, 0.29) is 12.5 Å². The van der Waals surface area contributed by atoms with E-state index in [2.05, 4.69) is 16.0 Å². The van der Waals surface area contributed by atoms with Crippen LogP contribution in [0.4, 0.5) is 4.79 Å². The minimum Gasteiger partial charge on any atom is -0.354 e. The first-order valence-corrected chi connectivity index (χ1v) is 6.20. The summed E-state index contributed by atoms with van der Waals surface area (Å²) in [6.45, 7) is 0.0945. The van der Waals surface area contributed by atoms with Crippen LogP contribution in [0.15, 0.2) is 30.3 Å². The standard InChI is InChI=1S/C13H18N4O3/c1-14-10(18)8-16-11(9-6-4-3-5-7-9)12(19)17-13(20)15-2/h3-7,11,16H,8H2,1-2H3,(H,14,18)(H2,15,17,19,20)/p+1/t11-/m0/s1. The SMILES string of the molecule is CNC(=O)C[NH2+][C@H](C(=O)NC(=O)NC)c1ccccc1. The second kappa shape index (κ2) is 7.90. The predicted octanol–water partition coefficient (Wildman–Crippen LogP) is -1.51. The van der Waals surface area contributed by atoms with Gasteiger partial charge in [0.25, 0.3) is 11.8 Å². The molecule has 0 saturated carbocycles. The second-order valence-corrected chi connectivity index (χ2v) is 4.07. The number of rotatable bonds is 5. The molecule has 1 atom stereocenters. The average molecular weight is 279 g/mol. The third-order valence-corrected chi connectivity index (χ3v) is 2.72. The lowest BCUT2D eigenvalue weighted by Gasteiger charge is -2.14. The van der Waals surface area contributed by atoms with Gasteiger partial charge in [-0.15, -0.1) is 0 Å². The second-order valence-electron chi connectivity index (χ2n) is 4.07. The summed E-state index contributed by atoms with van der Waals surface area (Å²) in [5, 5.41) is 8.59. The van der Waals surface area contributed by atoms with Crippen LogP contribution >= 0.6 is 0 Å². The van der Waals surface area contributed by atoms with Crippen LogP contribution in [0.1, 0.15) is 11.6 Å². The minimum atomic E-state index is -0.661. The van der Waals surface area contributed by atoms with Crippen LogP contribution in [0.2, 0.25) is 0 Å². The first-order valence-electron chi connectivity index (χ1n) is 6.20. The molecule has 108 valence electrons. The van der Waals surface area contributed by atoms with Crippen molar-refractivity contribution in [3.63, 3.8) is 0 Å². The van der Waals surface area contributed by atoms with Crippen molar-refractivity contribution in [2.24, 2.45) is 0 Å². The summed E-state index contributed by atoms with van der Waals surface area (Å²) in [5.41, 5.74) is 0.720. The van der Waals surface area contributed by atoms with Crippen LogP contribution in [-0.2, 0) is 9.59 Å². The molecule has 0 aliphatic heterocycles. The smallest absolute Gasteiger partial charge is 0.321 e. The molecule has 0 spiro atoms. The van der Waals surface area contributed by atoms with Crippen LogP contribution < -0.4 is 21.3 Å². The Morgan fingerprint density at radius 3 is 2.30 bits per heavy atom. The molecule has 0 bridgehead atoms. The number of carbonyl (C=O) groups is 3. The zero-order chi connectivity index (χ0) is 15.0. The number of carbonyl (C=O) groups excluding carboxylic acids is 3. The molecule has 0 aromatic heterocycles. The van der Waals surface area contributed by atoms with Gasteiger partial charge in [0.05, 0.1) is 0 Å². The number of urea groups is 1. The van der Waals surface area contributed by atoms with Gasteiger partial charge in [-0.2, -0.15) is 0 Å². The molecular formula is C13H19N4O3+. The summed E-state index contributed by atoms with van der Waals surface area (Å²) in [6.07, 6.45) is 0. The van der Waals surface area contributed by atoms with Gasteiger partial charge in [0, 0.05) is 19.7 Å². The highest BCUT2D eigenvalue weighted by atomic mass is 16.2. The largest absolute Gasteiger partial charge is 0.354 e. The van der Waals surface area contributed by atoms with E-state index < -0.39 is 18.0 Å². The maximum Gasteiger partial charge on any atom is 0.321 e. The Labute approximate surface area is 117 Å². The van der Waals surface area contributed by atoms with Crippen LogP contribution in [0.3, 0.4) is 0 Å². The molecule has 1 aromatic rings. The summed E-state index contributed by atoms with van der Waals surface area (Å²) in [4.78, 5) is 34.6. The summed E-state index contributed by atoms with van der Waals surface area (Å²) >= 11 is 0. The molecule has 0 aliphatic carbocycles. The minimum absolute atomic E-state index is 0.0945. The van der Waals surface area contributed by atoms with Gasteiger partial charge in [-0.05, 0) is 0 Å². The summed E-state index contributed by atoms with van der Waals surface area (Å²) in [5.74, 6) is -0.668. The molecule has 0 fully saturated rings. The predicted molar refractivity (Wildman–Crippen MR) is 72.6 cm³/mol. The van der Waals surface area contributed by atoms with Crippen LogP contribution in [-0.4, -0.2) is 38.5 Å². The highest BCUT2D eigenvalue weighted by Crippen LogP contribution is 2.08. The normalized spacial score (nSPS) is 11.3. The van der Waals surface area contributed by atoms with Crippen molar-refractivity contribution in [2.45, 2.75) is 6.04 Å². The zero-order valence-electron chi connectivity index (χ0n) is 11.5. The van der Waals surface area contributed by atoms with E-state index in [0.29, 0.717) is 0 Å². The monoisotopic (exact) mass is 279 g/mol. The highest BCUT2D eigenvalue weighted by molar-refractivity contribution is 5.96. The summed E-state index contributed by atoms with van der Waals surface area (Å²) < 4.78 is 0. The van der Waals surface area contributed by atoms with Gasteiger partial charge in [-0.25, -0.2) is 4.79 Å². The van der Waals surface area contributed by atoms with E-state index in [1.165, 1.54) is 14.1 Å². The average Bonchev–Trinajstić information content (AvgIpc) is 2.48. The van der Waals surface area contributed by atoms with Gasteiger partial charge in [0.15, 0.2) is 12.6 Å². The van der Waals surface area contributed by atoms with Gasteiger partial charge in [-0.1, -0.05) is 30.3 Å². The number of hydrogen-bond donors (Lipinski definition) is 4. The fourth-order valence-corrected chi connectivity index (χ4v) is 1.63. The fraction of sp³-hybridized carbons (Fsp3) is 0.308. The van der Waals surface area contributed by atoms with Gasteiger partial charge >= 0.3 is 6.03 Å². The van der Waals surface area contributed by atoms with Gasteiger partial charge in [0.1, 0.15) is 0 Å². The van der Waals surface area contributed by atoms with E-state index >= 15 is 0 Å². The van der Waals surface area contributed by atoms with Crippen molar-refractivity contribution in [1.29, 1.82) is 0 Å². The number of quaternary nitrogens is 1. The van der Waals surface area contributed by atoms with E-state index in [1.807, 2.05) is 6.07 Å². The molecule has 0 aliphatic rings. The Morgan fingerprint density at radius 1 is 1.10 bits per heavy atom. The maximum absolute atomic E-state index is 12.1. The highest BCUT2D eigenvalue weighted by Gasteiger charge is 2.26. The summed E-state index contributed by atoms with van der Waals surface area (Å²) in [6, 6.07) is 7.72. The Morgan fingerprint density at radius 2 is 1.75 bits per heavy atom. The van der Waals surface area contributed by atoms with Crippen molar-refractivity contribution < 1.29 is 19.7 Å². The lowest BCUT2D eigenvalue weighted by atomic mass is 10.1. The molecule has 1 aromatic carbocycles. The first kappa shape index (κ1) is 15.6. The van der Waals surface area contributed by atoms with Crippen molar-refractivity contribution in [1.82, 2.24) is 16.0 Å². The Bertz CT molecular complexity index is 476. The lowest BCUT2D eigenvalue weighted by molar-refractivity contribution is -0.672. The Kier molecular flexibility index (Phi) is 6.18. The number of nitrogens with one attached hydrogen (secondary N) is 3. The van der Waals surface area contributed by atoms with E-state index in [1.54, 1.807) is 29.6 Å². The van der Waals surface area contributed by atoms with Crippen molar-refractivity contribution in [3.05, 3.63) is 35.9 Å². The first-order chi connectivity index (χ1) is 9.58. The van der Waals surface area contributed by atoms with Crippen molar-refractivity contribution in [2.75, 3.05) is 20.6 Å². The van der Waals surface area contributed by atoms with Crippen LogP contribution in [0, 0.1) is 0 Å². The fourth-order valence-electron chi connectivity index (χ4n) is 1.63. The molecule has 20 heavy (non-hydrogen) atoms. The number of hydrogen-bond acceptors (Lipinski definition) is 3. The lowest BCUT2D eigenvalue weighted by Crippen LogP contribution is -2.89. The van der Waals surface area contributed by atoms with E-state index in [4.69, 9.17) is 0 Å². The molecule has 7 heteroatoms. The molecule has 5 N–H and O–H groups in total. The van der Waals surface area contributed by atoms with Gasteiger partial charge in [-0.3, -0.25) is 14.9 Å². The third-order valence-electron chi connectivity index (χ3n) is 2.72. The van der Waals surface area contributed by atoms with Crippen LogP contribution in [0.25, 0.3) is 0 Å². The van der Waals surface area contributed by atoms with Gasteiger partial charge < -0.3 is 16.0 Å². The number of nitrogens with two attached hydrogens (primary N) is 1. The topological polar surface area (TPSA) is 104 Å². The number of benzene rings is 1. The zero-order valence-corrected chi connectivity index (χ0v) is 11.5. The van der Waals surface area contributed by atoms with Crippen molar-refractivity contribution >= 4 is 17.8 Å². The maximum atomic E-state index is 12.1. The van der Waals surface area contributed by atoms with Crippen LogP contribution in [0.5, 0.6) is 0 Å². The Balaban J connectivity index is 2.81. The van der Waals surface area contributed by atoms with Gasteiger partial charge in [0.2, 0.25) is 0 Å². The molecule has 1 rings (SSSR count). The van der Waals surface area contributed by atoms with Crippen molar-refractivity contribution in [3.8, 4) is 0 Å². The molecule has 0 heterocycles. The number of imide groups is 1. The molecule has 4 amide bonds. The van der Waals surface area contributed by atoms with E-state index in [0.717, 1.165) is 5.56 Å². The molecular weight excluding hydrogens is 260 g/mol. The Hall–Kier alpha value is -2.41. The molecule has 0 unspecified atom stereocenters. The van der Waals surface area contributed by atoms with E-state index in [9.17, 15) is 14.4 Å². The number of likely N-dealkylation sites (N-methyl/N-ethyl adjacent to an activating group) is 1. The quantitative estimate of drug-likeness (QED) is 0.527. The summed E-state index contributed by atoms with van der Waals surface area (Å²) in [7, 11) is 2.95. The molecule has 0 radical (unpaired) electrons. The molecule has 0 saturated heterocycles.